The number of hydrogen-bond acceptors (Lipinski definition) is 2. The largest absolute Gasteiger partial charge is 0.313 e. The lowest BCUT2D eigenvalue weighted by Crippen LogP contribution is -2.34. The fraction of sp³-hybridized carbons (Fsp3) is 0.417. The molecule has 15 heavy (non-hydrogen) atoms. The van der Waals surface area contributed by atoms with Crippen LogP contribution < -0.4 is 5.73 Å². The predicted octanol–water partition coefficient (Wildman–Crippen LogP) is 2.94. The third kappa shape index (κ3) is 2.22. The van der Waals surface area contributed by atoms with E-state index < -0.39 is 5.54 Å². The monoisotopic (exact) mass is 264 g/mol. The molecule has 1 saturated carbocycles. The van der Waals surface area contributed by atoms with Crippen molar-refractivity contribution in [3.05, 3.63) is 34.3 Å². The van der Waals surface area contributed by atoms with Gasteiger partial charge in [-0.2, -0.15) is 5.26 Å². The van der Waals surface area contributed by atoms with Gasteiger partial charge in [-0.3, -0.25) is 0 Å². The Bertz CT molecular complexity index is 393. The van der Waals surface area contributed by atoms with Crippen LogP contribution >= 0.6 is 15.9 Å². The van der Waals surface area contributed by atoms with Gasteiger partial charge in [0.1, 0.15) is 5.54 Å². The molecule has 2 nitrogen and oxygen atoms in total. The average Bonchev–Trinajstić information content (AvgIpc) is 2.63. The number of rotatable bonds is 1. The van der Waals surface area contributed by atoms with Gasteiger partial charge in [0, 0.05) is 4.47 Å². The molecule has 0 aromatic heterocycles. The molecular formula is C12H13BrN2. The number of hydrogen-bond donors (Lipinski definition) is 1. The Morgan fingerprint density at radius 2 is 2.07 bits per heavy atom. The van der Waals surface area contributed by atoms with E-state index in [0.29, 0.717) is 5.92 Å². The molecule has 2 atom stereocenters. The maximum Gasteiger partial charge on any atom is 0.104 e. The van der Waals surface area contributed by atoms with Gasteiger partial charge in [-0.15, -0.1) is 0 Å². The van der Waals surface area contributed by atoms with E-state index in [1.54, 1.807) is 0 Å². The first-order valence-corrected chi connectivity index (χ1v) is 5.88. The second-order valence-corrected chi connectivity index (χ2v) is 5.17. The van der Waals surface area contributed by atoms with Crippen LogP contribution in [0.4, 0.5) is 0 Å². The third-order valence-corrected chi connectivity index (χ3v) is 3.64. The summed E-state index contributed by atoms with van der Waals surface area (Å²) in [5.41, 5.74) is 6.64. The molecule has 3 heteroatoms. The molecule has 1 aliphatic rings. The molecule has 0 heterocycles. The summed E-state index contributed by atoms with van der Waals surface area (Å²) in [6, 6.07) is 10.5. The van der Waals surface area contributed by atoms with Gasteiger partial charge in [0.2, 0.25) is 0 Å². The average molecular weight is 265 g/mol. The van der Waals surface area contributed by atoms with Crippen molar-refractivity contribution in [2.45, 2.75) is 30.7 Å². The summed E-state index contributed by atoms with van der Waals surface area (Å²) in [6.45, 7) is 0. The first kappa shape index (κ1) is 10.7. The lowest BCUT2D eigenvalue weighted by molar-refractivity contribution is 0.553. The van der Waals surface area contributed by atoms with Crippen molar-refractivity contribution in [2.75, 3.05) is 0 Å². The Hall–Kier alpha value is -0.850. The van der Waals surface area contributed by atoms with E-state index in [-0.39, 0.29) is 0 Å². The van der Waals surface area contributed by atoms with Crippen molar-refractivity contribution in [3.63, 3.8) is 0 Å². The molecule has 0 bridgehead atoms. The zero-order valence-electron chi connectivity index (χ0n) is 8.41. The quantitative estimate of drug-likeness (QED) is 0.848. The lowest BCUT2D eigenvalue weighted by Gasteiger charge is -2.14. The number of nitrogens with two attached hydrogens (primary N) is 1. The van der Waals surface area contributed by atoms with Crippen LogP contribution in [0.3, 0.4) is 0 Å². The molecule has 1 aromatic carbocycles. The van der Waals surface area contributed by atoms with E-state index in [1.807, 2.05) is 12.1 Å². The van der Waals surface area contributed by atoms with E-state index in [1.165, 1.54) is 5.56 Å². The molecule has 78 valence electrons. The van der Waals surface area contributed by atoms with Gasteiger partial charge in [-0.25, -0.2) is 0 Å². The summed E-state index contributed by atoms with van der Waals surface area (Å²) in [5, 5.41) is 8.95. The Labute approximate surface area is 98.2 Å². The van der Waals surface area contributed by atoms with Gasteiger partial charge in [-0.1, -0.05) is 28.1 Å². The van der Waals surface area contributed by atoms with E-state index in [0.717, 1.165) is 23.7 Å². The Balaban J connectivity index is 2.15. The zero-order valence-corrected chi connectivity index (χ0v) is 10.00. The van der Waals surface area contributed by atoms with Crippen LogP contribution in [0.25, 0.3) is 0 Å². The van der Waals surface area contributed by atoms with Crippen LogP contribution in [0, 0.1) is 11.3 Å². The Morgan fingerprint density at radius 1 is 1.40 bits per heavy atom. The maximum atomic E-state index is 8.95. The fourth-order valence-corrected chi connectivity index (χ4v) is 2.46. The highest BCUT2D eigenvalue weighted by atomic mass is 79.9. The van der Waals surface area contributed by atoms with Crippen molar-refractivity contribution in [1.29, 1.82) is 5.26 Å². The van der Waals surface area contributed by atoms with Crippen molar-refractivity contribution >= 4 is 15.9 Å². The second-order valence-electron chi connectivity index (χ2n) is 4.26. The van der Waals surface area contributed by atoms with Crippen molar-refractivity contribution in [1.82, 2.24) is 0 Å². The fourth-order valence-electron chi connectivity index (χ4n) is 2.20. The summed E-state index contributed by atoms with van der Waals surface area (Å²) in [7, 11) is 0. The summed E-state index contributed by atoms with van der Waals surface area (Å²) in [6.07, 6.45) is 2.61. The van der Waals surface area contributed by atoms with Crippen molar-refractivity contribution in [2.24, 2.45) is 5.73 Å². The highest BCUT2D eigenvalue weighted by Crippen LogP contribution is 2.39. The maximum absolute atomic E-state index is 8.95. The molecular weight excluding hydrogens is 252 g/mol. The molecule has 2 rings (SSSR count). The van der Waals surface area contributed by atoms with Crippen LogP contribution in [0.2, 0.25) is 0 Å². The van der Waals surface area contributed by atoms with Gasteiger partial charge in [0.15, 0.2) is 0 Å². The normalized spacial score (nSPS) is 30.1. The SMILES string of the molecule is N#C[C@]1(N)CC[C@@H](c2ccc(Br)cc2)C1. The molecule has 1 aliphatic carbocycles. The molecule has 0 spiro atoms. The van der Waals surface area contributed by atoms with Crippen LogP contribution in [-0.2, 0) is 0 Å². The topological polar surface area (TPSA) is 49.8 Å². The summed E-state index contributed by atoms with van der Waals surface area (Å²) < 4.78 is 1.09. The highest BCUT2D eigenvalue weighted by Gasteiger charge is 2.36. The smallest absolute Gasteiger partial charge is 0.104 e. The number of halogens is 1. The molecule has 0 aliphatic heterocycles. The molecule has 0 radical (unpaired) electrons. The summed E-state index contributed by atoms with van der Waals surface area (Å²) >= 11 is 3.41. The van der Waals surface area contributed by atoms with E-state index >= 15 is 0 Å². The van der Waals surface area contributed by atoms with Crippen LogP contribution in [0.5, 0.6) is 0 Å². The summed E-state index contributed by atoms with van der Waals surface area (Å²) in [4.78, 5) is 0. The third-order valence-electron chi connectivity index (χ3n) is 3.11. The minimum atomic E-state index is -0.599. The molecule has 0 saturated heterocycles. The van der Waals surface area contributed by atoms with Crippen LogP contribution in [0.15, 0.2) is 28.7 Å². The van der Waals surface area contributed by atoms with Crippen molar-refractivity contribution < 1.29 is 0 Å². The standard InChI is InChI=1S/C12H13BrN2/c13-11-3-1-9(2-4-11)10-5-6-12(15,7-10)8-14/h1-4,10H,5-7,15H2/t10-,12+/m1/s1. The Morgan fingerprint density at radius 3 is 2.60 bits per heavy atom. The van der Waals surface area contributed by atoms with Crippen LogP contribution in [-0.4, -0.2) is 5.54 Å². The van der Waals surface area contributed by atoms with Gasteiger partial charge < -0.3 is 5.73 Å². The van der Waals surface area contributed by atoms with Crippen LogP contribution in [0.1, 0.15) is 30.7 Å². The number of benzene rings is 1. The van der Waals surface area contributed by atoms with E-state index in [4.69, 9.17) is 11.0 Å². The molecule has 0 unspecified atom stereocenters. The molecule has 0 amide bonds. The lowest BCUT2D eigenvalue weighted by atomic mass is 9.94. The number of nitriles is 1. The first-order chi connectivity index (χ1) is 7.13. The van der Waals surface area contributed by atoms with Gasteiger partial charge >= 0.3 is 0 Å². The molecule has 2 N–H and O–H groups in total. The molecule has 1 fully saturated rings. The van der Waals surface area contributed by atoms with Crippen molar-refractivity contribution in [3.8, 4) is 6.07 Å². The first-order valence-electron chi connectivity index (χ1n) is 5.08. The highest BCUT2D eigenvalue weighted by molar-refractivity contribution is 9.10. The minimum absolute atomic E-state index is 0.447. The van der Waals surface area contributed by atoms with Gasteiger partial charge in [0.25, 0.3) is 0 Å². The summed E-state index contributed by atoms with van der Waals surface area (Å²) in [5.74, 6) is 0.447. The van der Waals surface area contributed by atoms with E-state index in [9.17, 15) is 0 Å². The molecule has 1 aromatic rings. The van der Waals surface area contributed by atoms with E-state index in [2.05, 4.69) is 34.1 Å². The zero-order chi connectivity index (χ0) is 10.9. The van der Waals surface area contributed by atoms with Gasteiger partial charge in [-0.05, 0) is 42.9 Å². The number of nitrogens with zero attached hydrogens (tertiary/aromatic N) is 1. The predicted molar refractivity (Wildman–Crippen MR) is 63.3 cm³/mol. The minimum Gasteiger partial charge on any atom is -0.313 e. The Kier molecular flexibility index (Phi) is 2.81. The van der Waals surface area contributed by atoms with Gasteiger partial charge in [0.05, 0.1) is 6.07 Å². The second kappa shape index (κ2) is 3.96.